The van der Waals surface area contributed by atoms with Crippen molar-refractivity contribution in [3.8, 4) is 0 Å². The summed E-state index contributed by atoms with van der Waals surface area (Å²) in [6, 6.07) is 0.621. The quantitative estimate of drug-likeness (QED) is 0.722. The van der Waals surface area contributed by atoms with E-state index in [1.165, 1.54) is 39.1 Å². The molecular weight excluding hydrogens is 246 g/mol. The van der Waals surface area contributed by atoms with Gasteiger partial charge in [0.2, 0.25) is 0 Å². The summed E-state index contributed by atoms with van der Waals surface area (Å²) >= 11 is 0. The van der Waals surface area contributed by atoms with Crippen LogP contribution >= 0.6 is 0 Å². The number of nitrogens with one attached hydrogen (secondary N) is 1. The molecule has 0 spiro atoms. The van der Waals surface area contributed by atoms with Gasteiger partial charge in [0, 0.05) is 54.5 Å². The van der Waals surface area contributed by atoms with Crippen molar-refractivity contribution in [3.63, 3.8) is 0 Å². The number of piperazine rings is 1. The van der Waals surface area contributed by atoms with E-state index in [4.69, 9.17) is 0 Å². The van der Waals surface area contributed by atoms with E-state index in [0.717, 1.165) is 30.9 Å². The summed E-state index contributed by atoms with van der Waals surface area (Å²) in [6.07, 6.45) is 3.44. The molecule has 2 heterocycles. The number of rotatable bonds is 5. The Morgan fingerprint density at radius 2 is 1.83 bits per heavy atom. The third-order valence-electron chi connectivity index (χ3n) is 4.07. The summed E-state index contributed by atoms with van der Waals surface area (Å²) in [5.74, 6) is 1.80. The van der Waals surface area contributed by atoms with Crippen molar-refractivity contribution >= 4 is 10.8 Å². The Morgan fingerprint density at radius 3 is 2.50 bits per heavy atom. The van der Waals surface area contributed by atoms with Crippen LogP contribution in [0.3, 0.4) is 0 Å². The molecule has 0 radical (unpaired) electrons. The van der Waals surface area contributed by atoms with Crippen LogP contribution in [0.1, 0.15) is 19.3 Å². The van der Waals surface area contributed by atoms with E-state index >= 15 is 0 Å². The molecule has 106 valence electrons. The summed E-state index contributed by atoms with van der Waals surface area (Å²) in [7, 11) is 1.67. The van der Waals surface area contributed by atoms with E-state index in [0.29, 0.717) is 6.04 Å². The highest BCUT2D eigenvalue weighted by atomic mass is 32.2. The van der Waals surface area contributed by atoms with E-state index in [1.54, 1.807) is 0 Å². The molecule has 0 bridgehead atoms. The molecule has 4 nitrogen and oxygen atoms in total. The van der Waals surface area contributed by atoms with Gasteiger partial charge in [-0.2, -0.15) is 0 Å². The van der Waals surface area contributed by atoms with Crippen LogP contribution in [0, 0.1) is 0 Å². The van der Waals surface area contributed by atoms with Crippen LogP contribution in [0.4, 0.5) is 0 Å². The SMILES string of the molecule is CN1CCN(CCCNC2CCS(=O)CC2)CC1. The van der Waals surface area contributed by atoms with Gasteiger partial charge in [0.05, 0.1) is 0 Å². The molecule has 2 aliphatic heterocycles. The van der Waals surface area contributed by atoms with Crippen molar-refractivity contribution < 1.29 is 4.21 Å². The predicted octanol–water partition coefficient (Wildman–Crippen LogP) is 0.125. The van der Waals surface area contributed by atoms with Crippen molar-refractivity contribution in [1.82, 2.24) is 15.1 Å². The molecular formula is C13H27N3OS. The molecule has 2 fully saturated rings. The second kappa shape index (κ2) is 7.58. The topological polar surface area (TPSA) is 35.6 Å². The molecule has 2 rings (SSSR count). The first-order chi connectivity index (χ1) is 8.74. The lowest BCUT2D eigenvalue weighted by Gasteiger charge is -2.32. The molecule has 0 aliphatic carbocycles. The van der Waals surface area contributed by atoms with E-state index in [2.05, 4.69) is 22.2 Å². The van der Waals surface area contributed by atoms with Gasteiger partial charge in [0.15, 0.2) is 0 Å². The normalized spacial score (nSPS) is 31.6. The monoisotopic (exact) mass is 273 g/mol. The molecule has 5 heteroatoms. The van der Waals surface area contributed by atoms with Crippen LogP contribution < -0.4 is 5.32 Å². The number of hydrogen-bond acceptors (Lipinski definition) is 4. The van der Waals surface area contributed by atoms with Crippen molar-refractivity contribution in [1.29, 1.82) is 0 Å². The Bertz CT molecular complexity index is 257. The fourth-order valence-corrected chi connectivity index (χ4v) is 3.98. The molecule has 0 unspecified atom stereocenters. The predicted molar refractivity (Wildman–Crippen MR) is 77.5 cm³/mol. The van der Waals surface area contributed by atoms with Crippen molar-refractivity contribution in [2.24, 2.45) is 0 Å². The number of hydrogen-bond donors (Lipinski definition) is 1. The van der Waals surface area contributed by atoms with Crippen molar-refractivity contribution in [2.75, 3.05) is 57.8 Å². The molecule has 0 amide bonds. The summed E-state index contributed by atoms with van der Waals surface area (Å²) in [4.78, 5) is 4.97. The highest BCUT2D eigenvalue weighted by molar-refractivity contribution is 7.85. The average molecular weight is 273 g/mol. The maximum Gasteiger partial charge on any atom is 0.0249 e. The highest BCUT2D eigenvalue weighted by Gasteiger charge is 2.17. The van der Waals surface area contributed by atoms with E-state index in [-0.39, 0.29) is 0 Å². The van der Waals surface area contributed by atoms with Gasteiger partial charge in [-0.15, -0.1) is 0 Å². The van der Waals surface area contributed by atoms with Crippen LogP contribution in [0.5, 0.6) is 0 Å². The van der Waals surface area contributed by atoms with Crippen molar-refractivity contribution in [3.05, 3.63) is 0 Å². The van der Waals surface area contributed by atoms with Gasteiger partial charge in [-0.05, 0) is 39.4 Å². The number of nitrogens with zero attached hydrogens (tertiary/aromatic N) is 2. The standard InChI is InChI=1S/C13H27N3OS/c1-15-7-9-16(10-8-15)6-2-5-14-13-3-11-18(17)12-4-13/h13-14H,2-12H2,1H3. The van der Waals surface area contributed by atoms with Gasteiger partial charge in [0.1, 0.15) is 0 Å². The molecule has 1 N–H and O–H groups in total. The minimum atomic E-state index is -0.528. The van der Waals surface area contributed by atoms with Gasteiger partial charge in [-0.3, -0.25) is 4.21 Å². The van der Waals surface area contributed by atoms with E-state index in [1.807, 2.05) is 0 Å². The average Bonchev–Trinajstić information content (AvgIpc) is 2.39. The molecule has 0 aromatic rings. The maximum atomic E-state index is 11.2. The molecule has 2 saturated heterocycles. The minimum Gasteiger partial charge on any atom is -0.314 e. The number of likely N-dealkylation sites (N-methyl/N-ethyl adjacent to an activating group) is 1. The van der Waals surface area contributed by atoms with Gasteiger partial charge >= 0.3 is 0 Å². The van der Waals surface area contributed by atoms with E-state index < -0.39 is 10.8 Å². The van der Waals surface area contributed by atoms with Crippen LogP contribution in [0.2, 0.25) is 0 Å². The molecule has 0 saturated carbocycles. The first-order valence-corrected chi connectivity index (χ1v) is 8.72. The summed E-state index contributed by atoms with van der Waals surface area (Å²) in [5.41, 5.74) is 0. The Morgan fingerprint density at radius 1 is 1.17 bits per heavy atom. The smallest absolute Gasteiger partial charge is 0.0249 e. The Kier molecular flexibility index (Phi) is 6.08. The van der Waals surface area contributed by atoms with Crippen LogP contribution in [0.15, 0.2) is 0 Å². The second-order valence-corrected chi connectivity index (χ2v) is 7.27. The first kappa shape index (κ1) is 14.4. The third-order valence-corrected chi connectivity index (χ3v) is 5.45. The van der Waals surface area contributed by atoms with Gasteiger partial charge in [-0.25, -0.2) is 0 Å². The first-order valence-electron chi connectivity index (χ1n) is 7.23. The third kappa shape index (κ3) is 4.96. The fraction of sp³-hybridized carbons (Fsp3) is 1.00. The van der Waals surface area contributed by atoms with Gasteiger partial charge in [-0.1, -0.05) is 0 Å². The zero-order chi connectivity index (χ0) is 12.8. The zero-order valence-corrected chi connectivity index (χ0v) is 12.4. The molecule has 0 atom stereocenters. The second-order valence-electron chi connectivity index (χ2n) is 5.57. The van der Waals surface area contributed by atoms with Gasteiger partial charge < -0.3 is 15.1 Å². The van der Waals surface area contributed by atoms with Crippen LogP contribution in [-0.4, -0.2) is 77.9 Å². The molecule has 0 aromatic carbocycles. The Hall–Kier alpha value is 0.0300. The van der Waals surface area contributed by atoms with Crippen molar-refractivity contribution in [2.45, 2.75) is 25.3 Å². The summed E-state index contributed by atoms with van der Waals surface area (Å²) in [6.45, 7) is 7.20. The van der Waals surface area contributed by atoms with Gasteiger partial charge in [0.25, 0.3) is 0 Å². The van der Waals surface area contributed by atoms with Crippen LogP contribution in [-0.2, 0) is 10.8 Å². The molecule has 0 aromatic heterocycles. The molecule has 18 heavy (non-hydrogen) atoms. The lowest BCUT2D eigenvalue weighted by atomic mass is 10.1. The Labute approximate surface area is 114 Å². The summed E-state index contributed by atoms with van der Waals surface area (Å²) in [5, 5.41) is 3.62. The zero-order valence-electron chi connectivity index (χ0n) is 11.6. The lowest BCUT2D eigenvalue weighted by molar-refractivity contribution is 0.152. The largest absolute Gasteiger partial charge is 0.314 e. The molecule has 2 aliphatic rings. The lowest BCUT2D eigenvalue weighted by Crippen LogP contribution is -2.45. The highest BCUT2D eigenvalue weighted by Crippen LogP contribution is 2.09. The minimum absolute atomic E-state index is 0.528. The maximum absolute atomic E-state index is 11.2. The Balaban J connectivity index is 1.49. The van der Waals surface area contributed by atoms with E-state index in [9.17, 15) is 4.21 Å². The summed E-state index contributed by atoms with van der Waals surface area (Å²) < 4.78 is 11.2. The van der Waals surface area contributed by atoms with Crippen LogP contribution in [0.25, 0.3) is 0 Å². The fourth-order valence-electron chi connectivity index (χ4n) is 2.68.